The minimum absolute atomic E-state index is 0.287. The summed E-state index contributed by atoms with van der Waals surface area (Å²) in [6.45, 7) is 1.72. The molecule has 0 spiro atoms. The average molecular weight is 358 g/mol. The molecule has 0 aliphatic rings. The zero-order valence-corrected chi connectivity index (χ0v) is 14.7. The summed E-state index contributed by atoms with van der Waals surface area (Å²) in [7, 11) is 1.48. The summed E-state index contributed by atoms with van der Waals surface area (Å²) in [6.07, 6.45) is -0.646. The topological polar surface area (TPSA) is 99.9 Å². The Morgan fingerprint density at radius 3 is 2.50 bits per heavy atom. The smallest absolute Gasteiger partial charge is 0.255 e. The van der Waals surface area contributed by atoms with E-state index in [-0.39, 0.29) is 12.5 Å². The molecule has 0 heterocycles. The van der Waals surface area contributed by atoms with Crippen LogP contribution in [0.1, 0.15) is 12.5 Å². The second-order valence-corrected chi connectivity index (χ2v) is 5.55. The number of hydrogen-bond donors (Lipinski definition) is 2. The minimum atomic E-state index is -0.646. The first-order chi connectivity index (χ1) is 12.5. The molecular weight excluding hydrogens is 336 g/mol. The molecule has 2 amide bonds. The van der Waals surface area contributed by atoms with Crippen molar-refractivity contribution >= 4 is 17.5 Å². The molecule has 7 heteroatoms. The van der Waals surface area contributed by atoms with Crippen molar-refractivity contribution < 1.29 is 23.8 Å². The molecule has 0 saturated heterocycles. The molecule has 0 aromatic heterocycles. The van der Waals surface area contributed by atoms with Gasteiger partial charge in [0, 0.05) is 11.8 Å². The molecule has 1 atom stereocenters. The van der Waals surface area contributed by atoms with Crippen LogP contribution in [0.15, 0.2) is 48.5 Å². The highest BCUT2D eigenvalue weighted by molar-refractivity contribution is 5.94. The number of methoxy groups -OCH3 is 1. The highest BCUT2D eigenvalue weighted by atomic mass is 16.5. The molecule has 0 aliphatic heterocycles. The molecule has 0 fully saturated rings. The van der Waals surface area contributed by atoms with E-state index in [0.717, 1.165) is 5.56 Å². The summed E-state index contributed by atoms with van der Waals surface area (Å²) in [6, 6.07) is 14.4. The molecule has 3 N–H and O–H groups in total. The molecule has 26 heavy (non-hydrogen) atoms. The minimum Gasteiger partial charge on any atom is -0.493 e. The number of carbonyl (C=O) groups excluding carboxylic acids is 2. The van der Waals surface area contributed by atoms with E-state index in [4.69, 9.17) is 19.9 Å². The zero-order chi connectivity index (χ0) is 18.9. The first kappa shape index (κ1) is 19.3. The van der Waals surface area contributed by atoms with Crippen LogP contribution >= 0.6 is 0 Å². The molecule has 0 radical (unpaired) electrons. The van der Waals surface area contributed by atoms with E-state index in [2.05, 4.69) is 5.32 Å². The van der Waals surface area contributed by atoms with E-state index in [0.29, 0.717) is 23.8 Å². The van der Waals surface area contributed by atoms with Gasteiger partial charge in [0.05, 0.1) is 13.7 Å². The van der Waals surface area contributed by atoms with Gasteiger partial charge in [-0.2, -0.15) is 0 Å². The number of primary amides is 1. The third-order valence-electron chi connectivity index (χ3n) is 3.51. The van der Waals surface area contributed by atoms with Crippen LogP contribution < -0.4 is 20.5 Å². The van der Waals surface area contributed by atoms with Crippen molar-refractivity contribution in [1.29, 1.82) is 0 Å². The van der Waals surface area contributed by atoms with Crippen LogP contribution in [0.25, 0.3) is 0 Å². The van der Waals surface area contributed by atoms with Gasteiger partial charge in [-0.1, -0.05) is 30.3 Å². The molecule has 0 saturated carbocycles. The number of anilines is 1. The number of benzene rings is 2. The van der Waals surface area contributed by atoms with Crippen LogP contribution in [0.4, 0.5) is 5.69 Å². The van der Waals surface area contributed by atoms with Crippen molar-refractivity contribution in [3.8, 4) is 11.5 Å². The Balaban J connectivity index is 1.96. The van der Waals surface area contributed by atoms with Crippen molar-refractivity contribution in [2.45, 2.75) is 19.6 Å². The average Bonchev–Trinajstić information content (AvgIpc) is 2.65. The zero-order valence-electron chi connectivity index (χ0n) is 14.7. The molecule has 2 aromatic rings. The summed E-state index contributed by atoms with van der Waals surface area (Å²) in [5.74, 6) is -0.170. The first-order valence-corrected chi connectivity index (χ1v) is 8.05. The molecular formula is C19H22N2O5. The summed E-state index contributed by atoms with van der Waals surface area (Å²) >= 11 is 0. The Kier molecular flexibility index (Phi) is 6.99. The number of nitrogens with one attached hydrogen (secondary N) is 1. The highest BCUT2D eigenvalue weighted by Gasteiger charge is 2.15. The van der Waals surface area contributed by atoms with Gasteiger partial charge in [0.15, 0.2) is 18.1 Å². The fraction of sp³-hybridized carbons (Fsp3) is 0.263. The molecule has 138 valence electrons. The van der Waals surface area contributed by atoms with E-state index < -0.39 is 12.0 Å². The Bertz CT molecular complexity index is 749. The predicted octanol–water partition coefficient (Wildman–Crippen LogP) is 2.10. The third-order valence-corrected chi connectivity index (χ3v) is 3.51. The number of nitrogens with two attached hydrogens (primary N) is 1. The van der Waals surface area contributed by atoms with Crippen LogP contribution in [0.2, 0.25) is 0 Å². The van der Waals surface area contributed by atoms with Crippen molar-refractivity contribution in [1.82, 2.24) is 0 Å². The Morgan fingerprint density at radius 1 is 1.12 bits per heavy atom. The fourth-order valence-corrected chi connectivity index (χ4v) is 2.13. The van der Waals surface area contributed by atoms with Crippen LogP contribution in [0, 0.1) is 0 Å². The van der Waals surface area contributed by atoms with E-state index in [9.17, 15) is 9.59 Å². The number of carbonyl (C=O) groups is 2. The summed E-state index contributed by atoms with van der Waals surface area (Å²) < 4.78 is 16.0. The number of rotatable bonds is 9. The van der Waals surface area contributed by atoms with Gasteiger partial charge in [0.1, 0.15) is 6.10 Å². The standard InChI is InChI=1S/C19H22N2O5/c1-13(25-11-14-6-4-3-5-7-14)19(23)21-15-8-9-16(24-2)17(10-15)26-12-18(20)22/h3-10,13H,11-12H2,1-2H3,(H2,20,22)(H,21,23). The van der Waals surface area contributed by atoms with Crippen molar-refractivity contribution in [2.75, 3.05) is 19.0 Å². The molecule has 0 aliphatic carbocycles. The van der Waals surface area contributed by atoms with Gasteiger partial charge >= 0.3 is 0 Å². The predicted molar refractivity (Wildman–Crippen MR) is 97.0 cm³/mol. The lowest BCUT2D eigenvalue weighted by Crippen LogP contribution is -2.27. The van der Waals surface area contributed by atoms with E-state index in [1.165, 1.54) is 7.11 Å². The van der Waals surface area contributed by atoms with Crippen molar-refractivity contribution in [3.05, 3.63) is 54.1 Å². The quantitative estimate of drug-likeness (QED) is 0.715. The van der Waals surface area contributed by atoms with Crippen LogP contribution in [-0.4, -0.2) is 31.6 Å². The van der Waals surface area contributed by atoms with Gasteiger partial charge in [0.2, 0.25) is 0 Å². The van der Waals surface area contributed by atoms with Gasteiger partial charge in [-0.15, -0.1) is 0 Å². The van der Waals surface area contributed by atoms with Gasteiger partial charge in [-0.25, -0.2) is 0 Å². The van der Waals surface area contributed by atoms with E-state index in [1.54, 1.807) is 25.1 Å². The lowest BCUT2D eigenvalue weighted by atomic mass is 10.2. The molecule has 2 aromatic carbocycles. The van der Waals surface area contributed by atoms with Crippen LogP contribution in [-0.2, 0) is 20.9 Å². The largest absolute Gasteiger partial charge is 0.493 e. The number of ether oxygens (including phenoxy) is 3. The van der Waals surface area contributed by atoms with Gasteiger partial charge in [0.25, 0.3) is 11.8 Å². The molecule has 7 nitrogen and oxygen atoms in total. The monoisotopic (exact) mass is 358 g/mol. The van der Waals surface area contributed by atoms with Gasteiger partial charge in [-0.05, 0) is 24.6 Å². The SMILES string of the molecule is COc1ccc(NC(=O)C(C)OCc2ccccc2)cc1OCC(N)=O. The van der Waals surface area contributed by atoms with Crippen LogP contribution in [0.3, 0.4) is 0 Å². The van der Waals surface area contributed by atoms with E-state index >= 15 is 0 Å². The second kappa shape index (κ2) is 9.43. The third kappa shape index (κ3) is 5.78. The summed E-state index contributed by atoms with van der Waals surface area (Å²) in [4.78, 5) is 23.2. The van der Waals surface area contributed by atoms with Crippen LogP contribution in [0.5, 0.6) is 11.5 Å². The lowest BCUT2D eigenvalue weighted by molar-refractivity contribution is -0.127. The maximum absolute atomic E-state index is 12.3. The maximum atomic E-state index is 12.3. The first-order valence-electron chi connectivity index (χ1n) is 8.05. The fourth-order valence-electron chi connectivity index (χ4n) is 2.13. The Morgan fingerprint density at radius 2 is 1.85 bits per heavy atom. The molecule has 1 unspecified atom stereocenters. The summed E-state index contributed by atoms with van der Waals surface area (Å²) in [5.41, 5.74) is 6.56. The van der Waals surface area contributed by atoms with E-state index in [1.807, 2.05) is 30.3 Å². The summed E-state index contributed by atoms with van der Waals surface area (Å²) in [5, 5.41) is 2.74. The lowest BCUT2D eigenvalue weighted by Gasteiger charge is -2.15. The molecule has 0 bridgehead atoms. The van der Waals surface area contributed by atoms with Crippen molar-refractivity contribution in [3.63, 3.8) is 0 Å². The van der Waals surface area contributed by atoms with Gasteiger partial charge in [-0.3, -0.25) is 9.59 Å². The number of amides is 2. The normalized spacial score (nSPS) is 11.5. The Labute approximate surface area is 152 Å². The highest BCUT2D eigenvalue weighted by Crippen LogP contribution is 2.30. The van der Waals surface area contributed by atoms with Crippen molar-refractivity contribution in [2.24, 2.45) is 5.73 Å². The molecule has 2 rings (SSSR count). The van der Waals surface area contributed by atoms with Gasteiger partial charge < -0.3 is 25.3 Å². The Hall–Kier alpha value is -3.06. The second-order valence-electron chi connectivity index (χ2n) is 5.55. The maximum Gasteiger partial charge on any atom is 0.255 e. The number of hydrogen-bond acceptors (Lipinski definition) is 5.